The molecule has 0 aliphatic heterocycles. The molecule has 0 aliphatic carbocycles. The fourth-order valence-electron chi connectivity index (χ4n) is 3.21. The van der Waals surface area contributed by atoms with Gasteiger partial charge >= 0.3 is 34.5 Å². The number of fused-ring (bicyclic) bond motifs is 4. The SMILES string of the molecule is [Cl][Rh][Cl].c1ccc2scnc2c1.c1ccc2scnc2c1.c1ccc2scnc2c1.c1ccc2scnc2c1. The van der Waals surface area contributed by atoms with Crippen LogP contribution in [0.3, 0.4) is 0 Å². The van der Waals surface area contributed by atoms with Crippen molar-refractivity contribution >= 4 is 106 Å². The van der Waals surface area contributed by atoms with Gasteiger partial charge in [-0.25, -0.2) is 19.9 Å². The molecule has 4 nitrogen and oxygen atoms in total. The molecule has 0 amide bonds. The zero-order valence-electron chi connectivity index (χ0n) is 20.1. The summed E-state index contributed by atoms with van der Waals surface area (Å²) in [6, 6.07) is 32.5. The standard InChI is InChI=1S/4C7H5NS.2ClH.Rh/c4*1-2-4-7-6(3-1)8-5-9-7;;;/h4*1-5H;2*1H;/q;;;;;;+2/p-2. The number of benzene rings is 4. The van der Waals surface area contributed by atoms with Gasteiger partial charge in [-0.3, -0.25) is 0 Å². The first-order chi connectivity index (χ1) is 19.3. The summed E-state index contributed by atoms with van der Waals surface area (Å²) < 4.78 is 5.05. The number of para-hydroxylation sites is 4. The van der Waals surface area contributed by atoms with Crippen LogP contribution >= 0.6 is 64.7 Å². The Kier molecular flexibility index (Phi) is 12.7. The summed E-state index contributed by atoms with van der Waals surface area (Å²) in [6.07, 6.45) is 0. The van der Waals surface area contributed by atoms with E-state index in [0.717, 1.165) is 22.1 Å². The Morgan fingerprint density at radius 2 is 0.590 bits per heavy atom. The van der Waals surface area contributed by atoms with Crippen LogP contribution in [0.4, 0.5) is 0 Å². The second-order valence-corrected chi connectivity index (χ2v) is 13.4. The van der Waals surface area contributed by atoms with E-state index in [1.807, 2.05) is 94.8 Å². The van der Waals surface area contributed by atoms with Gasteiger partial charge in [0.05, 0.1) is 62.9 Å². The van der Waals surface area contributed by atoms with Crippen molar-refractivity contribution in [1.29, 1.82) is 0 Å². The maximum atomic E-state index is 4.83. The van der Waals surface area contributed by atoms with Crippen molar-refractivity contribution in [2.45, 2.75) is 0 Å². The van der Waals surface area contributed by atoms with E-state index in [9.17, 15) is 0 Å². The summed E-state index contributed by atoms with van der Waals surface area (Å²) >= 11 is 6.48. The van der Waals surface area contributed by atoms with E-state index in [-0.39, 0.29) is 15.1 Å². The van der Waals surface area contributed by atoms with Crippen LogP contribution < -0.4 is 0 Å². The molecule has 0 N–H and O–H groups in total. The second kappa shape index (κ2) is 16.7. The fourth-order valence-corrected chi connectivity index (χ4v) is 5.93. The minimum Gasteiger partial charge on any atom is -0.245 e. The van der Waals surface area contributed by atoms with Crippen LogP contribution in [-0.2, 0) is 15.1 Å². The molecule has 0 saturated carbocycles. The number of thiazole rings is 4. The second-order valence-electron chi connectivity index (χ2n) is 7.33. The quantitative estimate of drug-likeness (QED) is 0.147. The molecule has 0 spiro atoms. The molecular formula is C28H20Cl2N4RhS4. The van der Waals surface area contributed by atoms with Gasteiger partial charge in [0.2, 0.25) is 0 Å². The zero-order chi connectivity index (χ0) is 27.1. The topological polar surface area (TPSA) is 51.6 Å². The van der Waals surface area contributed by atoms with Crippen molar-refractivity contribution in [3.8, 4) is 0 Å². The monoisotopic (exact) mass is 713 g/mol. The van der Waals surface area contributed by atoms with Crippen molar-refractivity contribution in [2.24, 2.45) is 0 Å². The smallest absolute Gasteiger partial charge is 0.0812 e. The average molecular weight is 715 g/mol. The van der Waals surface area contributed by atoms with Gasteiger partial charge < -0.3 is 0 Å². The summed E-state index contributed by atoms with van der Waals surface area (Å²) in [5.74, 6) is 0. The minimum absolute atomic E-state index is 0.226. The molecule has 8 rings (SSSR count). The molecule has 4 heterocycles. The van der Waals surface area contributed by atoms with E-state index in [0.29, 0.717) is 0 Å². The van der Waals surface area contributed by atoms with Crippen LogP contribution in [0, 0.1) is 0 Å². The normalized spacial score (nSPS) is 10.0. The Balaban J connectivity index is 0.000000117. The van der Waals surface area contributed by atoms with Crippen LogP contribution in [0.2, 0.25) is 0 Å². The molecule has 4 aromatic heterocycles. The van der Waals surface area contributed by atoms with E-state index in [1.165, 1.54) is 18.8 Å². The van der Waals surface area contributed by atoms with Crippen molar-refractivity contribution in [2.75, 3.05) is 0 Å². The first-order valence-electron chi connectivity index (χ1n) is 11.2. The van der Waals surface area contributed by atoms with E-state index < -0.39 is 0 Å². The molecule has 199 valence electrons. The van der Waals surface area contributed by atoms with Gasteiger partial charge in [0.15, 0.2) is 0 Å². The molecular weight excluding hydrogens is 694 g/mol. The van der Waals surface area contributed by atoms with Gasteiger partial charge in [-0.15, -0.1) is 45.3 Å². The van der Waals surface area contributed by atoms with Gasteiger partial charge in [0.1, 0.15) is 0 Å². The van der Waals surface area contributed by atoms with Gasteiger partial charge in [0.25, 0.3) is 0 Å². The predicted octanol–water partition coefficient (Wildman–Crippen LogP) is 10.6. The largest absolute Gasteiger partial charge is 0.245 e. The van der Waals surface area contributed by atoms with Crippen LogP contribution in [0.15, 0.2) is 119 Å². The molecule has 0 fully saturated rings. The van der Waals surface area contributed by atoms with Gasteiger partial charge in [-0.2, -0.15) is 0 Å². The van der Waals surface area contributed by atoms with Crippen LogP contribution in [0.5, 0.6) is 0 Å². The number of hydrogen-bond acceptors (Lipinski definition) is 8. The first kappa shape index (κ1) is 29.6. The van der Waals surface area contributed by atoms with E-state index >= 15 is 0 Å². The molecule has 0 aliphatic rings. The Bertz CT molecular complexity index is 1430. The molecule has 8 aromatic rings. The Hall–Kier alpha value is -2.36. The molecule has 0 atom stereocenters. The Morgan fingerprint density at radius 3 is 0.795 bits per heavy atom. The molecule has 39 heavy (non-hydrogen) atoms. The number of halogens is 2. The van der Waals surface area contributed by atoms with Crippen molar-refractivity contribution < 1.29 is 15.1 Å². The summed E-state index contributed by atoms with van der Waals surface area (Å²) in [7, 11) is 9.67. The maximum Gasteiger partial charge on any atom is 0.0812 e. The van der Waals surface area contributed by atoms with Crippen LogP contribution in [-0.4, -0.2) is 19.9 Å². The number of hydrogen-bond donors (Lipinski definition) is 0. The molecule has 11 heteroatoms. The fraction of sp³-hybridized carbons (Fsp3) is 0. The third-order valence-electron chi connectivity index (χ3n) is 4.95. The van der Waals surface area contributed by atoms with E-state index in [1.54, 1.807) is 45.3 Å². The van der Waals surface area contributed by atoms with Crippen molar-refractivity contribution in [1.82, 2.24) is 19.9 Å². The summed E-state index contributed by atoms with van der Waals surface area (Å²) in [5.41, 5.74) is 11.9. The molecule has 0 unspecified atom stereocenters. The summed E-state index contributed by atoms with van der Waals surface area (Å²) in [4.78, 5) is 16.5. The van der Waals surface area contributed by atoms with Crippen LogP contribution in [0.25, 0.3) is 40.9 Å². The number of rotatable bonds is 0. The zero-order valence-corrected chi connectivity index (χ0v) is 26.5. The number of nitrogens with zero attached hydrogens (tertiary/aromatic N) is 4. The minimum atomic E-state index is -0.226. The molecule has 0 radical (unpaired) electrons. The van der Waals surface area contributed by atoms with Gasteiger partial charge in [-0.05, 0) is 48.5 Å². The molecule has 0 saturated heterocycles. The first-order valence-corrected chi connectivity index (χ1v) is 19.0. The molecule has 0 bridgehead atoms. The Morgan fingerprint density at radius 1 is 0.385 bits per heavy atom. The van der Waals surface area contributed by atoms with Crippen LogP contribution in [0.1, 0.15) is 0 Å². The van der Waals surface area contributed by atoms with Crippen molar-refractivity contribution in [3.05, 3.63) is 119 Å². The van der Waals surface area contributed by atoms with Crippen molar-refractivity contribution in [3.63, 3.8) is 0 Å². The predicted molar refractivity (Wildman–Crippen MR) is 170 cm³/mol. The van der Waals surface area contributed by atoms with E-state index in [2.05, 4.69) is 44.2 Å². The average Bonchev–Trinajstić information content (AvgIpc) is 3.81. The number of aromatic nitrogens is 4. The molecule has 4 aromatic carbocycles. The maximum absolute atomic E-state index is 4.83. The van der Waals surface area contributed by atoms with Gasteiger partial charge in [-0.1, -0.05) is 48.5 Å². The van der Waals surface area contributed by atoms with E-state index in [4.69, 9.17) is 19.4 Å². The summed E-state index contributed by atoms with van der Waals surface area (Å²) in [5, 5.41) is 0. The Labute approximate surface area is 257 Å². The third-order valence-corrected chi connectivity index (χ3v) is 8.19. The summed E-state index contributed by atoms with van der Waals surface area (Å²) in [6.45, 7) is 0. The third kappa shape index (κ3) is 9.36. The van der Waals surface area contributed by atoms with Gasteiger partial charge in [0, 0.05) is 0 Å².